The quantitative estimate of drug-likeness (QED) is 0.601. The third kappa shape index (κ3) is 4.30. The fourth-order valence-electron chi connectivity index (χ4n) is 2.49. The molecule has 0 aromatic heterocycles. The number of urea groups is 1. The van der Waals surface area contributed by atoms with E-state index in [4.69, 9.17) is 9.84 Å². The van der Waals surface area contributed by atoms with Crippen LogP contribution >= 0.6 is 0 Å². The monoisotopic (exact) mass is 370 g/mol. The summed E-state index contributed by atoms with van der Waals surface area (Å²) in [5.41, 5.74) is 0.929. The predicted molar refractivity (Wildman–Crippen MR) is 93.0 cm³/mol. The lowest BCUT2D eigenvalue weighted by Crippen LogP contribution is -2.35. The minimum atomic E-state index is -1.29. The molecule has 0 unspecified atom stereocenters. The van der Waals surface area contributed by atoms with Crippen molar-refractivity contribution in [3.05, 3.63) is 71.2 Å². The lowest BCUT2D eigenvalue weighted by Gasteiger charge is -2.08. The summed E-state index contributed by atoms with van der Waals surface area (Å²) in [6.07, 6.45) is 1.41. The second-order valence-corrected chi connectivity index (χ2v) is 5.73. The fraction of sp³-hybridized carbons (Fsp3) is 0.105. The van der Waals surface area contributed by atoms with Crippen molar-refractivity contribution >= 4 is 24.0 Å². The van der Waals surface area contributed by atoms with Crippen molar-refractivity contribution in [1.82, 2.24) is 10.2 Å². The molecule has 1 aliphatic heterocycles. The summed E-state index contributed by atoms with van der Waals surface area (Å²) in [5, 5.41) is 11.1. The molecule has 0 radical (unpaired) electrons. The van der Waals surface area contributed by atoms with E-state index in [0.29, 0.717) is 21.8 Å². The maximum absolute atomic E-state index is 13.6. The Labute approximate surface area is 153 Å². The van der Waals surface area contributed by atoms with Crippen LogP contribution in [0, 0.1) is 5.82 Å². The number of benzene rings is 2. The Kier molecular flexibility index (Phi) is 5.16. The van der Waals surface area contributed by atoms with Crippen molar-refractivity contribution in [3.63, 3.8) is 0 Å². The molecule has 7 nitrogen and oxygen atoms in total. The normalized spacial score (nSPS) is 15.1. The van der Waals surface area contributed by atoms with Crippen LogP contribution in [-0.4, -0.2) is 34.5 Å². The van der Waals surface area contributed by atoms with Crippen LogP contribution < -0.4 is 10.1 Å². The molecule has 1 heterocycles. The van der Waals surface area contributed by atoms with Crippen LogP contribution in [0.2, 0.25) is 0 Å². The largest absolute Gasteiger partial charge is 0.489 e. The maximum Gasteiger partial charge on any atom is 0.329 e. The van der Waals surface area contributed by atoms with E-state index >= 15 is 0 Å². The summed E-state index contributed by atoms with van der Waals surface area (Å²) in [5.74, 6) is -1.93. The van der Waals surface area contributed by atoms with Crippen LogP contribution in [-0.2, 0) is 16.2 Å². The number of aliphatic carboxylic acids is 1. The number of carbonyl (C=O) groups is 3. The summed E-state index contributed by atoms with van der Waals surface area (Å²) >= 11 is 0. The molecular weight excluding hydrogens is 355 g/mol. The molecule has 0 aliphatic carbocycles. The Hall–Kier alpha value is -3.68. The van der Waals surface area contributed by atoms with Gasteiger partial charge in [0.25, 0.3) is 5.91 Å². The van der Waals surface area contributed by atoms with Gasteiger partial charge in [0, 0.05) is 5.56 Å². The Morgan fingerprint density at radius 1 is 1.19 bits per heavy atom. The third-order valence-corrected chi connectivity index (χ3v) is 3.78. The minimum absolute atomic E-state index is 0.0347. The second kappa shape index (κ2) is 7.69. The van der Waals surface area contributed by atoms with Gasteiger partial charge < -0.3 is 15.2 Å². The van der Waals surface area contributed by atoms with Crippen LogP contribution in [0.5, 0.6) is 5.75 Å². The van der Waals surface area contributed by atoms with Crippen molar-refractivity contribution < 1.29 is 28.6 Å². The summed E-state index contributed by atoms with van der Waals surface area (Å²) in [6.45, 7) is -0.678. The first-order chi connectivity index (χ1) is 12.9. The standard InChI is InChI=1S/C19H15FN2O5/c20-15-7-2-1-5-13(15)11-27-14-6-3-4-12(8-14)9-16-18(25)22(10-17(23)24)19(26)21-16/h1-9H,10-11H2,(H,21,26)(H,23,24)/b16-9+. The molecule has 2 aromatic carbocycles. The number of amides is 3. The van der Waals surface area contributed by atoms with Crippen LogP contribution in [0.25, 0.3) is 6.08 Å². The van der Waals surface area contributed by atoms with Gasteiger partial charge in [-0.05, 0) is 29.8 Å². The highest BCUT2D eigenvalue weighted by Gasteiger charge is 2.34. The van der Waals surface area contributed by atoms with Gasteiger partial charge in [-0.3, -0.25) is 9.59 Å². The van der Waals surface area contributed by atoms with Gasteiger partial charge in [0.15, 0.2) is 0 Å². The highest BCUT2D eigenvalue weighted by atomic mass is 19.1. The Morgan fingerprint density at radius 3 is 2.70 bits per heavy atom. The fourth-order valence-corrected chi connectivity index (χ4v) is 2.49. The van der Waals surface area contributed by atoms with Gasteiger partial charge in [0.1, 0.15) is 30.4 Å². The minimum Gasteiger partial charge on any atom is -0.489 e. The SMILES string of the molecule is O=C(O)CN1C(=O)N/C(=C/c2cccc(OCc3ccccc3F)c2)C1=O. The Bertz CT molecular complexity index is 941. The van der Waals surface area contributed by atoms with E-state index in [1.165, 1.54) is 12.1 Å². The lowest BCUT2D eigenvalue weighted by molar-refractivity contribution is -0.140. The molecule has 1 aliphatic rings. The number of carboxylic acids is 1. The molecule has 138 valence electrons. The van der Waals surface area contributed by atoms with Gasteiger partial charge in [-0.15, -0.1) is 0 Å². The lowest BCUT2D eigenvalue weighted by atomic mass is 10.1. The first-order valence-corrected chi connectivity index (χ1v) is 7.96. The zero-order valence-corrected chi connectivity index (χ0v) is 14.0. The summed E-state index contributed by atoms with van der Waals surface area (Å²) in [7, 11) is 0. The van der Waals surface area contributed by atoms with E-state index in [-0.39, 0.29) is 18.1 Å². The van der Waals surface area contributed by atoms with Gasteiger partial charge in [0.05, 0.1) is 0 Å². The number of nitrogens with one attached hydrogen (secondary N) is 1. The zero-order chi connectivity index (χ0) is 19.4. The number of hydrogen-bond acceptors (Lipinski definition) is 4. The molecule has 2 N–H and O–H groups in total. The van der Waals surface area contributed by atoms with Gasteiger partial charge in [-0.25, -0.2) is 14.1 Å². The van der Waals surface area contributed by atoms with Crippen molar-refractivity contribution in [2.24, 2.45) is 0 Å². The molecule has 2 aromatic rings. The molecule has 1 saturated heterocycles. The first-order valence-electron chi connectivity index (χ1n) is 7.96. The number of imide groups is 1. The molecule has 0 bridgehead atoms. The van der Waals surface area contributed by atoms with Crippen molar-refractivity contribution in [2.75, 3.05) is 6.54 Å². The highest BCUT2D eigenvalue weighted by molar-refractivity contribution is 6.15. The van der Waals surface area contributed by atoms with E-state index in [2.05, 4.69) is 5.32 Å². The molecule has 0 spiro atoms. The zero-order valence-electron chi connectivity index (χ0n) is 14.0. The topological polar surface area (TPSA) is 95.9 Å². The van der Waals surface area contributed by atoms with Gasteiger partial charge >= 0.3 is 12.0 Å². The van der Waals surface area contributed by atoms with E-state index < -0.39 is 24.5 Å². The molecule has 27 heavy (non-hydrogen) atoms. The number of carboxylic acid groups (broad SMARTS) is 1. The number of hydrogen-bond donors (Lipinski definition) is 2. The van der Waals surface area contributed by atoms with Gasteiger partial charge in [-0.1, -0.05) is 30.3 Å². The Morgan fingerprint density at radius 2 is 1.96 bits per heavy atom. The summed E-state index contributed by atoms with van der Waals surface area (Å²) in [4.78, 5) is 35.2. The van der Waals surface area contributed by atoms with Crippen LogP contribution in [0.1, 0.15) is 11.1 Å². The predicted octanol–water partition coefficient (Wildman–Crippen LogP) is 2.38. The molecule has 3 rings (SSSR count). The smallest absolute Gasteiger partial charge is 0.329 e. The molecule has 3 amide bonds. The Balaban J connectivity index is 1.73. The van der Waals surface area contributed by atoms with E-state index in [0.717, 1.165) is 0 Å². The molecule has 0 atom stereocenters. The van der Waals surface area contributed by atoms with Gasteiger partial charge in [0.2, 0.25) is 0 Å². The number of halogens is 1. The van der Waals surface area contributed by atoms with E-state index in [1.807, 2.05) is 0 Å². The number of carbonyl (C=O) groups excluding carboxylic acids is 2. The average molecular weight is 370 g/mol. The van der Waals surface area contributed by atoms with Crippen molar-refractivity contribution in [3.8, 4) is 5.75 Å². The molecule has 8 heteroatoms. The summed E-state index contributed by atoms with van der Waals surface area (Å²) < 4.78 is 19.2. The second-order valence-electron chi connectivity index (χ2n) is 5.73. The molecule has 1 fully saturated rings. The van der Waals surface area contributed by atoms with Crippen molar-refractivity contribution in [2.45, 2.75) is 6.61 Å². The van der Waals surface area contributed by atoms with Crippen LogP contribution in [0.4, 0.5) is 9.18 Å². The molecule has 0 saturated carbocycles. The third-order valence-electron chi connectivity index (χ3n) is 3.78. The number of nitrogens with zero attached hydrogens (tertiary/aromatic N) is 1. The first kappa shape index (κ1) is 18.1. The van der Waals surface area contributed by atoms with Crippen LogP contribution in [0.3, 0.4) is 0 Å². The van der Waals surface area contributed by atoms with E-state index in [9.17, 15) is 18.8 Å². The average Bonchev–Trinajstić information content (AvgIpc) is 2.88. The highest BCUT2D eigenvalue weighted by Crippen LogP contribution is 2.20. The maximum atomic E-state index is 13.6. The van der Waals surface area contributed by atoms with E-state index in [1.54, 1.807) is 42.5 Å². The van der Waals surface area contributed by atoms with Gasteiger partial charge in [-0.2, -0.15) is 0 Å². The van der Waals surface area contributed by atoms with Crippen molar-refractivity contribution in [1.29, 1.82) is 0 Å². The molecular formula is C19H15FN2O5. The van der Waals surface area contributed by atoms with Crippen LogP contribution in [0.15, 0.2) is 54.2 Å². The number of ether oxygens (including phenoxy) is 1. The summed E-state index contributed by atoms with van der Waals surface area (Å²) in [6, 6.07) is 12.1. The number of rotatable bonds is 6.